The molecule has 2 aliphatic rings. The van der Waals surface area contributed by atoms with Crippen LogP contribution in [-0.4, -0.2) is 106 Å². The highest BCUT2D eigenvalue weighted by molar-refractivity contribution is 5.94. The zero-order chi connectivity index (χ0) is 29.5. The first-order valence-corrected chi connectivity index (χ1v) is 13.2. The third-order valence-electron chi connectivity index (χ3n) is 6.51. The summed E-state index contributed by atoms with van der Waals surface area (Å²) in [7, 11) is 0. The van der Waals surface area contributed by atoms with E-state index in [1.807, 2.05) is 0 Å². The molecule has 2 heterocycles. The van der Waals surface area contributed by atoms with Gasteiger partial charge < -0.3 is 48.3 Å². The maximum atomic E-state index is 13.2. The number of carbonyl (C=O) groups is 5. The van der Waals surface area contributed by atoms with Gasteiger partial charge in [-0.2, -0.15) is 0 Å². The van der Waals surface area contributed by atoms with E-state index in [1.165, 1.54) is 9.80 Å². The van der Waals surface area contributed by atoms with Gasteiger partial charge in [0.1, 0.15) is 18.1 Å². The normalized spacial score (nSPS) is 19.9. The van der Waals surface area contributed by atoms with Crippen LogP contribution in [0, 0.1) is 0 Å². The Hall–Kier alpha value is -3.46. The van der Waals surface area contributed by atoms with Crippen LogP contribution in [0.2, 0.25) is 0 Å². The number of likely N-dealkylation sites (tertiary alicyclic amines) is 2. The zero-order valence-corrected chi connectivity index (χ0v) is 22.6. The van der Waals surface area contributed by atoms with Crippen LogP contribution in [0.3, 0.4) is 0 Å². The average Bonchev–Trinajstić information content (AvgIpc) is 3.55. The SMILES string of the molecule is CC(=O)O.NCCCC[C@H](NC(=O)[C@@H]1CCCN1C(=O)[C@@H](N)CCCN=C(N)N)C(=O)N1CCC[C@H]1C(=O)O. The van der Waals surface area contributed by atoms with E-state index in [0.717, 1.165) is 6.92 Å². The maximum Gasteiger partial charge on any atom is 0.326 e. The van der Waals surface area contributed by atoms with Crippen molar-refractivity contribution < 1.29 is 34.2 Å². The van der Waals surface area contributed by atoms with Gasteiger partial charge in [-0.3, -0.25) is 24.2 Å². The van der Waals surface area contributed by atoms with Crippen molar-refractivity contribution >= 4 is 35.6 Å². The fraction of sp³-hybridized carbons (Fsp3) is 0.750. The molecule has 0 unspecified atom stereocenters. The number of carbonyl (C=O) groups excluding carboxylic acids is 3. The summed E-state index contributed by atoms with van der Waals surface area (Å²) in [6.45, 7) is 2.62. The molecule has 39 heavy (non-hydrogen) atoms. The number of aliphatic imine (C=N–C) groups is 1. The number of amides is 3. The van der Waals surface area contributed by atoms with Crippen LogP contribution < -0.4 is 28.3 Å². The van der Waals surface area contributed by atoms with Gasteiger partial charge in [0.05, 0.1) is 6.04 Å². The molecule has 0 saturated carbocycles. The Labute approximate surface area is 228 Å². The molecule has 0 spiro atoms. The Bertz CT molecular complexity index is 877. The molecular weight excluding hydrogens is 512 g/mol. The number of unbranched alkanes of at least 4 members (excludes halogenated alkanes) is 1. The molecule has 0 radical (unpaired) electrons. The summed E-state index contributed by atoms with van der Waals surface area (Å²) < 4.78 is 0. The van der Waals surface area contributed by atoms with Gasteiger partial charge in [0, 0.05) is 26.6 Å². The smallest absolute Gasteiger partial charge is 0.326 e. The quantitative estimate of drug-likeness (QED) is 0.0751. The van der Waals surface area contributed by atoms with Crippen molar-refractivity contribution in [2.45, 2.75) is 88.9 Å². The van der Waals surface area contributed by atoms with E-state index in [-0.39, 0.29) is 11.9 Å². The Balaban J connectivity index is 0.00000177. The molecule has 0 aromatic carbocycles. The lowest BCUT2D eigenvalue weighted by Gasteiger charge is -2.30. The van der Waals surface area contributed by atoms with Crippen LogP contribution in [0.15, 0.2) is 4.99 Å². The number of hydrogen-bond acceptors (Lipinski definition) is 8. The number of nitrogens with zero attached hydrogens (tertiary/aromatic N) is 3. The van der Waals surface area contributed by atoms with E-state index >= 15 is 0 Å². The number of hydrogen-bond donors (Lipinski definition) is 7. The number of guanidine groups is 1. The van der Waals surface area contributed by atoms with Crippen molar-refractivity contribution in [3.63, 3.8) is 0 Å². The van der Waals surface area contributed by atoms with Crippen molar-refractivity contribution in [3.8, 4) is 0 Å². The van der Waals surface area contributed by atoms with Crippen molar-refractivity contribution in [1.29, 1.82) is 0 Å². The van der Waals surface area contributed by atoms with Crippen LogP contribution in [0.5, 0.6) is 0 Å². The zero-order valence-electron chi connectivity index (χ0n) is 22.6. The summed E-state index contributed by atoms with van der Waals surface area (Å²) in [5.41, 5.74) is 22.2. The summed E-state index contributed by atoms with van der Waals surface area (Å²) in [6.07, 6.45) is 4.59. The van der Waals surface area contributed by atoms with Gasteiger partial charge in [-0.25, -0.2) is 4.79 Å². The maximum absolute atomic E-state index is 13.2. The molecule has 11 N–H and O–H groups in total. The molecule has 15 nitrogen and oxygen atoms in total. The summed E-state index contributed by atoms with van der Waals surface area (Å²) in [6, 6.07) is -3.29. The lowest BCUT2D eigenvalue weighted by molar-refractivity contribution is -0.150. The number of aliphatic carboxylic acids is 2. The first kappa shape index (κ1) is 33.6. The van der Waals surface area contributed by atoms with E-state index in [1.54, 1.807) is 0 Å². The second kappa shape index (κ2) is 17.2. The van der Waals surface area contributed by atoms with Gasteiger partial charge in [0.25, 0.3) is 5.97 Å². The first-order chi connectivity index (χ1) is 18.4. The summed E-state index contributed by atoms with van der Waals surface area (Å²) in [4.78, 5) is 66.6. The van der Waals surface area contributed by atoms with E-state index < -0.39 is 47.9 Å². The predicted molar refractivity (Wildman–Crippen MR) is 143 cm³/mol. The van der Waals surface area contributed by atoms with Crippen molar-refractivity contribution in [3.05, 3.63) is 0 Å². The first-order valence-electron chi connectivity index (χ1n) is 13.2. The predicted octanol–water partition coefficient (Wildman–Crippen LogP) is -1.86. The number of nitrogens with two attached hydrogens (primary N) is 4. The lowest BCUT2D eigenvalue weighted by atomic mass is 10.1. The average molecular weight is 557 g/mol. The second-order valence-electron chi connectivity index (χ2n) is 9.64. The fourth-order valence-electron chi connectivity index (χ4n) is 4.66. The molecule has 2 rings (SSSR count). The Morgan fingerprint density at radius 1 is 0.923 bits per heavy atom. The van der Waals surface area contributed by atoms with Crippen molar-refractivity contribution in [1.82, 2.24) is 15.1 Å². The third kappa shape index (κ3) is 11.4. The van der Waals surface area contributed by atoms with E-state index in [0.29, 0.717) is 84.0 Å². The third-order valence-corrected chi connectivity index (χ3v) is 6.51. The van der Waals surface area contributed by atoms with Gasteiger partial charge in [0.15, 0.2) is 5.96 Å². The van der Waals surface area contributed by atoms with Crippen LogP contribution in [0.25, 0.3) is 0 Å². The number of carboxylic acids is 2. The number of rotatable bonds is 13. The Kier molecular flexibility index (Phi) is 14.8. The largest absolute Gasteiger partial charge is 0.481 e. The molecule has 0 aromatic heterocycles. The standard InChI is InChI=1S/C22H40N8O5.C2H4O2/c23-10-2-1-7-15(20(33)30-13-5-9-17(30)21(34)35)28-18(31)16-8-4-12-29(16)19(32)14(24)6-3-11-27-22(25)26;1-2(3)4/h14-17H,1-13,23-24H2,(H,28,31)(H,34,35)(H4,25,26,27);1H3,(H,3,4)/t14-,15-,16-,17-;/m0./s1. The minimum absolute atomic E-state index is 0.0275. The van der Waals surface area contributed by atoms with Crippen LogP contribution in [0.4, 0.5) is 0 Å². The molecule has 0 aromatic rings. The topological polar surface area (TPSA) is 261 Å². The fourth-order valence-corrected chi connectivity index (χ4v) is 4.66. The van der Waals surface area contributed by atoms with Crippen LogP contribution >= 0.6 is 0 Å². The Morgan fingerprint density at radius 2 is 1.49 bits per heavy atom. The van der Waals surface area contributed by atoms with Gasteiger partial charge in [-0.05, 0) is 64.3 Å². The summed E-state index contributed by atoms with van der Waals surface area (Å²) >= 11 is 0. The van der Waals surface area contributed by atoms with Crippen molar-refractivity contribution in [2.75, 3.05) is 26.2 Å². The molecule has 0 bridgehead atoms. The number of carboxylic acid groups (broad SMARTS) is 2. The molecule has 2 fully saturated rings. The number of nitrogens with one attached hydrogen (secondary N) is 1. The van der Waals surface area contributed by atoms with Gasteiger partial charge >= 0.3 is 5.97 Å². The van der Waals surface area contributed by atoms with Gasteiger partial charge in [-0.1, -0.05) is 0 Å². The highest BCUT2D eigenvalue weighted by atomic mass is 16.4. The van der Waals surface area contributed by atoms with Crippen LogP contribution in [0.1, 0.15) is 64.7 Å². The van der Waals surface area contributed by atoms with Crippen molar-refractivity contribution in [2.24, 2.45) is 27.9 Å². The molecule has 2 saturated heterocycles. The van der Waals surface area contributed by atoms with Gasteiger partial charge in [0.2, 0.25) is 17.7 Å². The summed E-state index contributed by atoms with van der Waals surface area (Å²) in [5.74, 6) is -3.08. The highest BCUT2D eigenvalue weighted by Crippen LogP contribution is 2.22. The molecule has 3 amide bonds. The van der Waals surface area contributed by atoms with Crippen LogP contribution in [-0.2, 0) is 24.0 Å². The second-order valence-corrected chi connectivity index (χ2v) is 9.64. The van der Waals surface area contributed by atoms with E-state index in [9.17, 15) is 24.3 Å². The van der Waals surface area contributed by atoms with E-state index in [4.69, 9.17) is 32.8 Å². The molecule has 222 valence electrons. The molecular formula is C24H44N8O7. The molecule has 4 atom stereocenters. The summed E-state index contributed by atoms with van der Waals surface area (Å²) in [5, 5.41) is 19.7. The molecule has 2 aliphatic heterocycles. The highest BCUT2D eigenvalue weighted by Gasteiger charge is 2.40. The lowest BCUT2D eigenvalue weighted by Crippen LogP contribution is -2.56. The molecule has 15 heteroatoms. The van der Waals surface area contributed by atoms with Gasteiger partial charge in [-0.15, -0.1) is 0 Å². The molecule has 0 aliphatic carbocycles. The Morgan fingerprint density at radius 3 is 2.03 bits per heavy atom. The minimum atomic E-state index is -1.05. The van der Waals surface area contributed by atoms with E-state index in [2.05, 4.69) is 10.3 Å². The monoisotopic (exact) mass is 556 g/mol. The minimum Gasteiger partial charge on any atom is -0.481 e.